The molecule has 0 radical (unpaired) electrons. The molecule has 2 heteroatoms. The van der Waals surface area contributed by atoms with Gasteiger partial charge in [-0.25, -0.2) is 0 Å². The van der Waals surface area contributed by atoms with E-state index in [0.29, 0.717) is 17.2 Å². The molecule has 4 unspecified atom stereocenters. The summed E-state index contributed by atoms with van der Waals surface area (Å²) in [6.07, 6.45) is 17.4. The topological polar surface area (TPSA) is 0 Å². The molecule has 0 aromatic heterocycles. The molecular formula is C18H31I2-. The standard InChI is InChI=1S/C18H31I2/c1-13-8-14-2-4-15(5-3-14)10-17-7-6-16(9-13)11-18(12-17)20-19/h13-18H,2-12H2,1H3/q-1. The molecule has 0 nitrogen and oxygen atoms in total. The third-order valence-electron chi connectivity index (χ3n) is 6.38. The zero-order valence-electron chi connectivity index (χ0n) is 13.0. The van der Waals surface area contributed by atoms with Crippen molar-refractivity contribution < 1.29 is 17.2 Å². The summed E-state index contributed by atoms with van der Waals surface area (Å²) in [5.41, 5.74) is 0. The van der Waals surface area contributed by atoms with Gasteiger partial charge in [0, 0.05) is 0 Å². The van der Waals surface area contributed by atoms with E-state index in [-0.39, 0.29) is 0 Å². The van der Waals surface area contributed by atoms with Crippen LogP contribution in [0.5, 0.6) is 0 Å². The fraction of sp³-hybridized carbons (Fsp3) is 1.00. The Bertz CT molecular complexity index is 296. The van der Waals surface area contributed by atoms with Gasteiger partial charge in [0.25, 0.3) is 0 Å². The van der Waals surface area contributed by atoms with Crippen LogP contribution < -0.4 is 17.2 Å². The number of fused-ring (bicyclic) bond motifs is 4. The maximum atomic E-state index is 2.77. The van der Waals surface area contributed by atoms with E-state index in [1.54, 1.807) is 70.6 Å². The van der Waals surface area contributed by atoms with Crippen molar-refractivity contribution in [3.8, 4) is 0 Å². The third kappa shape index (κ3) is 4.48. The summed E-state index contributed by atoms with van der Waals surface area (Å²) >= 11 is 3.21. The normalized spacial score (nSPS) is 46.7. The first-order valence-electron chi connectivity index (χ1n) is 8.97. The molecule has 0 heterocycles. The first-order valence-corrected chi connectivity index (χ1v) is 16.5. The Morgan fingerprint density at radius 3 is 1.70 bits per heavy atom. The van der Waals surface area contributed by atoms with Crippen LogP contribution in [0.3, 0.4) is 0 Å². The van der Waals surface area contributed by atoms with Crippen LogP contribution in [0, 0.1) is 29.6 Å². The van der Waals surface area contributed by atoms with Gasteiger partial charge in [0.2, 0.25) is 0 Å². The molecule has 0 N–H and O–H groups in total. The second-order valence-electron chi connectivity index (χ2n) is 8.16. The molecule has 0 spiro atoms. The quantitative estimate of drug-likeness (QED) is 0.383. The van der Waals surface area contributed by atoms with Crippen LogP contribution in [0.25, 0.3) is 0 Å². The van der Waals surface area contributed by atoms with Gasteiger partial charge in [0.15, 0.2) is 0 Å². The van der Waals surface area contributed by atoms with E-state index < -0.39 is 0 Å². The van der Waals surface area contributed by atoms with Crippen LogP contribution in [0.15, 0.2) is 0 Å². The monoisotopic (exact) mass is 501 g/mol. The summed E-state index contributed by atoms with van der Waals surface area (Å²) in [6, 6.07) is 0. The Hall–Kier alpha value is 1.46. The van der Waals surface area contributed by atoms with Crippen molar-refractivity contribution in [2.24, 2.45) is 29.6 Å². The third-order valence-corrected chi connectivity index (χ3v) is 12.5. The van der Waals surface area contributed by atoms with E-state index in [2.05, 4.69) is 25.5 Å². The van der Waals surface area contributed by atoms with Gasteiger partial charge in [-0.15, -0.1) is 0 Å². The van der Waals surface area contributed by atoms with Gasteiger partial charge in [0.05, 0.1) is 0 Å². The molecule has 0 amide bonds. The van der Waals surface area contributed by atoms with Crippen LogP contribution in [-0.2, 0) is 0 Å². The van der Waals surface area contributed by atoms with Crippen molar-refractivity contribution >= 4 is 18.6 Å². The van der Waals surface area contributed by atoms with Crippen molar-refractivity contribution in [3.63, 3.8) is 0 Å². The van der Waals surface area contributed by atoms with Gasteiger partial charge >= 0.3 is 147 Å². The van der Waals surface area contributed by atoms with E-state index in [1.165, 1.54) is 0 Å². The number of alkyl halides is 1. The van der Waals surface area contributed by atoms with Crippen molar-refractivity contribution in [2.45, 2.75) is 81.5 Å². The number of rotatable bonds is 1. The Morgan fingerprint density at radius 1 is 0.650 bits per heavy atom. The molecule has 4 aliphatic carbocycles. The Kier molecular flexibility index (Phi) is 6.39. The first kappa shape index (κ1) is 16.3. The summed E-state index contributed by atoms with van der Waals surface area (Å²) in [7, 11) is 0. The van der Waals surface area contributed by atoms with Crippen molar-refractivity contribution in [2.75, 3.05) is 0 Å². The molecule has 0 aromatic carbocycles. The molecule has 4 aliphatic rings. The molecule has 118 valence electrons. The van der Waals surface area contributed by atoms with Gasteiger partial charge in [-0.05, 0) is 0 Å². The summed E-state index contributed by atoms with van der Waals surface area (Å²) in [5, 5.41) is 0. The molecule has 0 aromatic rings. The second-order valence-corrected chi connectivity index (χ2v) is 13.6. The fourth-order valence-corrected chi connectivity index (χ4v) is 9.83. The molecule has 4 bridgehead atoms. The average molecular weight is 501 g/mol. The van der Waals surface area contributed by atoms with E-state index in [4.69, 9.17) is 0 Å². The van der Waals surface area contributed by atoms with Crippen LogP contribution in [0.2, 0.25) is 0 Å². The summed E-state index contributed by atoms with van der Waals surface area (Å²) in [4.78, 5) is 0. The summed E-state index contributed by atoms with van der Waals surface area (Å²) in [5.74, 6) is 5.40. The molecule has 0 saturated heterocycles. The molecule has 0 aliphatic heterocycles. The van der Waals surface area contributed by atoms with Gasteiger partial charge in [-0.2, -0.15) is 0 Å². The Morgan fingerprint density at radius 2 is 1.10 bits per heavy atom. The van der Waals surface area contributed by atoms with E-state index >= 15 is 0 Å². The summed E-state index contributed by atoms with van der Waals surface area (Å²) < 4.78 is 1.15. The molecular weight excluding hydrogens is 470 g/mol. The van der Waals surface area contributed by atoms with Crippen molar-refractivity contribution in [1.82, 2.24) is 0 Å². The van der Waals surface area contributed by atoms with Crippen LogP contribution in [0.1, 0.15) is 77.6 Å². The zero-order chi connectivity index (χ0) is 13.9. The molecule has 20 heavy (non-hydrogen) atoms. The second kappa shape index (κ2) is 7.83. The number of hydrogen-bond acceptors (Lipinski definition) is 0. The average Bonchev–Trinajstić information content (AvgIpc) is 2.61. The van der Waals surface area contributed by atoms with Gasteiger partial charge < -0.3 is 0 Å². The van der Waals surface area contributed by atoms with E-state index in [0.717, 1.165) is 33.5 Å². The minimum absolute atomic E-state index is 0.445. The minimum atomic E-state index is 0.445. The predicted octanol–water partition coefficient (Wildman–Crippen LogP) is 3.23. The van der Waals surface area contributed by atoms with E-state index in [9.17, 15) is 0 Å². The van der Waals surface area contributed by atoms with Crippen LogP contribution in [-0.4, -0.2) is 3.92 Å². The predicted molar refractivity (Wildman–Crippen MR) is 91.7 cm³/mol. The molecule has 4 fully saturated rings. The van der Waals surface area contributed by atoms with Gasteiger partial charge in [0.1, 0.15) is 0 Å². The fourth-order valence-electron chi connectivity index (χ4n) is 5.43. The van der Waals surface area contributed by atoms with Crippen molar-refractivity contribution in [1.29, 1.82) is 0 Å². The van der Waals surface area contributed by atoms with E-state index in [1.807, 2.05) is 0 Å². The molecule has 4 rings (SSSR count). The van der Waals surface area contributed by atoms with Gasteiger partial charge in [-0.3, -0.25) is 0 Å². The Balaban J connectivity index is 1.73. The SMILES string of the molecule is CC1CC2CCC(CC2)CC2CCC(C1)CC([I-]I)C2. The first-order chi connectivity index (χ1) is 9.72. The maximum absolute atomic E-state index is 2.77. The summed E-state index contributed by atoms with van der Waals surface area (Å²) in [6.45, 7) is 2.56. The zero-order valence-corrected chi connectivity index (χ0v) is 17.3. The van der Waals surface area contributed by atoms with Crippen LogP contribution in [0.4, 0.5) is 0 Å². The van der Waals surface area contributed by atoms with Crippen LogP contribution >= 0.6 is 18.6 Å². The molecule has 4 saturated carbocycles. The molecule has 4 atom stereocenters. The number of halogens is 2. The van der Waals surface area contributed by atoms with Crippen molar-refractivity contribution in [3.05, 3.63) is 0 Å². The Labute approximate surface area is 146 Å². The van der Waals surface area contributed by atoms with Gasteiger partial charge in [-0.1, -0.05) is 0 Å². The number of hydrogen-bond donors (Lipinski definition) is 0.